The first-order valence-electron chi connectivity index (χ1n) is 4.88. The summed E-state index contributed by atoms with van der Waals surface area (Å²) < 4.78 is 0. The maximum Gasteiger partial charge on any atom is 0.0431 e. The standard InChI is InChI=1S/C10H17Cl2N/c1-2-10(4-3-5-10)8-13-7-9(12)6-11/h6,13H,2-5,7-8H2,1H3. The molecule has 0 atom stereocenters. The molecular weight excluding hydrogens is 205 g/mol. The van der Waals surface area contributed by atoms with Gasteiger partial charge in [-0.15, -0.1) is 0 Å². The van der Waals surface area contributed by atoms with Gasteiger partial charge in [-0.1, -0.05) is 36.5 Å². The molecule has 0 aliphatic heterocycles. The van der Waals surface area contributed by atoms with Crippen LogP contribution in [0.3, 0.4) is 0 Å². The molecule has 0 bridgehead atoms. The van der Waals surface area contributed by atoms with E-state index in [4.69, 9.17) is 23.2 Å². The van der Waals surface area contributed by atoms with Crippen LogP contribution in [0, 0.1) is 5.41 Å². The van der Waals surface area contributed by atoms with E-state index in [1.165, 1.54) is 31.2 Å². The van der Waals surface area contributed by atoms with Crippen LogP contribution < -0.4 is 5.32 Å². The van der Waals surface area contributed by atoms with E-state index in [-0.39, 0.29) is 0 Å². The number of halogens is 2. The normalized spacial score (nSPS) is 21.3. The second-order valence-corrected chi connectivity index (χ2v) is 4.57. The maximum absolute atomic E-state index is 5.77. The van der Waals surface area contributed by atoms with Crippen molar-refractivity contribution in [2.75, 3.05) is 13.1 Å². The zero-order valence-corrected chi connectivity index (χ0v) is 9.59. The molecule has 1 saturated carbocycles. The summed E-state index contributed by atoms with van der Waals surface area (Å²) >= 11 is 11.2. The Morgan fingerprint density at radius 2 is 2.23 bits per heavy atom. The average molecular weight is 222 g/mol. The molecule has 0 radical (unpaired) electrons. The molecule has 0 amide bonds. The molecule has 3 heteroatoms. The lowest BCUT2D eigenvalue weighted by molar-refractivity contribution is 0.126. The Kier molecular flexibility index (Phi) is 4.57. The first-order chi connectivity index (χ1) is 6.22. The summed E-state index contributed by atoms with van der Waals surface area (Å²) in [6.07, 6.45) is 5.37. The minimum Gasteiger partial charge on any atom is -0.311 e. The first-order valence-corrected chi connectivity index (χ1v) is 5.69. The smallest absolute Gasteiger partial charge is 0.0431 e. The summed E-state index contributed by atoms with van der Waals surface area (Å²) in [5.41, 5.74) is 1.98. The van der Waals surface area contributed by atoms with Crippen molar-refractivity contribution in [3.8, 4) is 0 Å². The van der Waals surface area contributed by atoms with E-state index in [1.807, 2.05) is 0 Å². The third-order valence-corrected chi connectivity index (χ3v) is 3.69. The highest BCUT2D eigenvalue weighted by Crippen LogP contribution is 2.42. The highest BCUT2D eigenvalue weighted by atomic mass is 35.5. The van der Waals surface area contributed by atoms with Gasteiger partial charge < -0.3 is 5.32 Å². The summed E-state index contributed by atoms with van der Waals surface area (Å²) in [5, 5.41) is 4.03. The van der Waals surface area contributed by atoms with Crippen LogP contribution in [0.5, 0.6) is 0 Å². The molecule has 13 heavy (non-hydrogen) atoms. The van der Waals surface area contributed by atoms with Gasteiger partial charge in [0.15, 0.2) is 0 Å². The summed E-state index contributed by atoms with van der Waals surface area (Å²) in [7, 11) is 0. The summed E-state index contributed by atoms with van der Waals surface area (Å²) in [5.74, 6) is 0. The summed E-state index contributed by atoms with van der Waals surface area (Å²) in [4.78, 5) is 0. The minimum absolute atomic E-state index is 0.559. The third kappa shape index (κ3) is 3.16. The Labute approximate surface area is 90.5 Å². The third-order valence-electron chi connectivity index (χ3n) is 3.08. The number of hydrogen-bond acceptors (Lipinski definition) is 1. The first kappa shape index (κ1) is 11.4. The van der Waals surface area contributed by atoms with Gasteiger partial charge >= 0.3 is 0 Å². The van der Waals surface area contributed by atoms with Crippen LogP contribution in [0.1, 0.15) is 32.6 Å². The Bertz CT molecular complexity index is 180. The van der Waals surface area contributed by atoms with Gasteiger partial charge in [-0.25, -0.2) is 0 Å². The van der Waals surface area contributed by atoms with Gasteiger partial charge in [-0.2, -0.15) is 0 Å². The van der Waals surface area contributed by atoms with Gasteiger partial charge in [0.1, 0.15) is 0 Å². The molecule has 76 valence electrons. The van der Waals surface area contributed by atoms with E-state index in [9.17, 15) is 0 Å². The topological polar surface area (TPSA) is 12.0 Å². The predicted molar refractivity (Wildman–Crippen MR) is 59.2 cm³/mol. The Morgan fingerprint density at radius 1 is 1.54 bits per heavy atom. The molecule has 0 aromatic rings. The maximum atomic E-state index is 5.77. The van der Waals surface area contributed by atoms with Gasteiger partial charge in [0.25, 0.3) is 0 Å². The fourth-order valence-electron chi connectivity index (χ4n) is 1.82. The molecule has 0 heterocycles. The van der Waals surface area contributed by atoms with Crippen molar-refractivity contribution in [2.45, 2.75) is 32.6 Å². The van der Waals surface area contributed by atoms with Crippen LogP contribution in [0.15, 0.2) is 10.6 Å². The van der Waals surface area contributed by atoms with E-state index < -0.39 is 0 Å². The molecule has 0 aromatic carbocycles. The van der Waals surface area contributed by atoms with Gasteiger partial charge in [-0.05, 0) is 24.7 Å². The van der Waals surface area contributed by atoms with Crippen molar-refractivity contribution in [2.24, 2.45) is 5.41 Å². The highest BCUT2D eigenvalue weighted by molar-refractivity contribution is 6.36. The van der Waals surface area contributed by atoms with Crippen LogP contribution in [0.4, 0.5) is 0 Å². The van der Waals surface area contributed by atoms with E-state index in [1.54, 1.807) is 0 Å². The van der Waals surface area contributed by atoms with Crippen LogP contribution >= 0.6 is 23.2 Å². The molecule has 1 N–H and O–H groups in total. The fourth-order valence-corrected chi connectivity index (χ4v) is 1.99. The van der Waals surface area contributed by atoms with E-state index >= 15 is 0 Å². The van der Waals surface area contributed by atoms with Gasteiger partial charge in [0.2, 0.25) is 0 Å². The van der Waals surface area contributed by atoms with Crippen molar-refractivity contribution in [3.63, 3.8) is 0 Å². The van der Waals surface area contributed by atoms with Crippen molar-refractivity contribution in [3.05, 3.63) is 10.6 Å². The van der Waals surface area contributed by atoms with E-state index in [2.05, 4.69) is 12.2 Å². The SMILES string of the molecule is CCC1(CNCC(Cl)=CCl)CCC1. The quantitative estimate of drug-likeness (QED) is 0.750. The van der Waals surface area contributed by atoms with Crippen LogP contribution in [-0.2, 0) is 0 Å². The fraction of sp³-hybridized carbons (Fsp3) is 0.800. The Hall–Kier alpha value is 0.280. The van der Waals surface area contributed by atoms with Crippen molar-refractivity contribution >= 4 is 23.2 Å². The molecule has 1 fully saturated rings. The molecule has 1 nitrogen and oxygen atoms in total. The van der Waals surface area contributed by atoms with Crippen molar-refractivity contribution < 1.29 is 0 Å². The Morgan fingerprint density at radius 3 is 2.62 bits per heavy atom. The predicted octanol–water partition coefficient (Wildman–Crippen LogP) is 3.48. The largest absolute Gasteiger partial charge is 0.311 e. The molecule has 0 aromatic heterocycles. The average Bonchev–Trinajstić information content (AvgIpc) is 2.09. The van der Waals surface area contributed by atoms with Crippen LogP contribution in [0.2, 0.25) is 0 Å². The lowest BCUT2D eigenvalue weighted by Crippen LogP contribution is -2.39. The van der Waals surface area contributed by atoms with Crippen LogP contribution in [0.25, 0.3) is 0 Å². The summed E-state index contributed by atoms with van der Waals surface area (Å²) in [6, 6.07) is 0. The molecule has 0 spiro atoms. The Balaban J connectivity index is 2.18. The number of rotatable bonds is 5. The molecular formula is C10H17Cl2N. The lowest BCUT2D eigenvalue weighted by atomic mass is 9.67. The summed E-state index contributed by atoms with van der Waals surface area (Å²) in [6.45, 7) is 4.04. The van der Waals surface area contributed by atoms with Crippen molar-refractivity contribution in [1.29, 1.82) is 0 Å². The second kappa shape index (κ2) is 5.23. The van der Waals surface area contributed by atoms with Crippen molar-refractivity contribution in [1.82, 2.24) is 5.32 Å². The molecule has 1 rings (SSSR count). The van der Waals surface area contributed by atoms with Gasteiger partial charge in [-0.3, -0.25) is 0 Å². The van der Waals surface area contributed by atoms with E-state index in [0.29, 0.717) is 17.0 Å². The second-order valence-electron chi connectivity index (χ2n) is 3.87. The zero-order chi connectivity index (χ0) is 9.73. The highest BCUT2D eigenvalue weighted by Gasteiger charge is 2.34. The van der Waals surface area contributed by atoms with Gasteiger partial charge in [0.05, 0.1) is 0 Å². The minimum atomic E-state index is 0.559. The monoisotopic (exact) mass is 221 g/mol. The molecule has 1 aliphatic carbocycles. The number of hydrogen-bond donors (Lipinski definition) is 1. The number of nitrogens with one attached hydrogen (secondary N) is 1. The zero-order valence-electron chi connectivity index (χ0n) is 8.08. The lowest BCUT2D eigenvalue weighted by Gasteiger charge is -2.41. The van der Waals surface area contributed by atoms with Gasteiger partial charge in [0, 0.05) is 23.7 Å². The molecule has 1 aliphatic rings. The molecule has 0 saturated heterocycles. The molecule has 0 unspecified atom stereocenters. The van der Waals surface area contributed by atoms with Crippen LogP contribution in [-0.4, -0.2) is 13.1 Å². The van der Waals surface area contributed by atoms with E-state index in [0.717, 1.165) is 6.54 Å².